The highest BCUT2D eigenvalue weighted by Gasteiger charge is 2.84. The van der Waals surface area contributed by atoms with Crippen molar-refractivity contribution in [2.75, 3.05) is 52.6 Å². The number of fused-ring (bicyclic) bond motifs is 4. The molecule has 4 saturated heterocycles. The zero-order chi connectivity index (χ0) is 37.3. The molecule has 9 aliphatic rings. The number of likely N-dealkylation sites (tertiary alicyclic amines) is 1. The Labute approximate surface area is 320 Å². The van der Waals surface area contributed by atoms with Crippen LogP contribution >= 0.6 is 0 Å². The molecule has 2 spiro atoms. The summed E-state index contributed by atoms with van der Waals surface area (Å²) in [6, 6.07) is 1.28. The lowest BCUT2D eigenvalue weighted by Gasteiger charge is -2.64. The summed E-state index contributed by atoms with van der Waals surface area (Å²) < 4.78 is 32.1. The van der Waals surface area contributed by atoms with E-state index in [-0.39, 0.29) is 40.8 Å². The highest BCUT2D eigenvalue weighted by Crippen LogP contribution is 2.89. The Morgan fingerprint density at radius 1 is 0.887 bits per heavy atom. The summed E-state index contributed by atoms with van der Waals surface area (Å²) in [7, 11) is 0. The van der Waals surface area contributed by atoms with E-state index >= 15 is 0 Å². The number of piperidine rings is 1. The molecule has 2 N–H and O–H groups in total. The summed E-state index contributed by atoms with van der Waals surface area (Å²) in [5.41, 5.74) is -0.455. The second kappa shape index (κ2) is 13.1. The number of aliphatic hydroxyl groups excluding tert-OH is 1. The summed E-state index contributed by atoms with van der Waals surface area (Å²) in [6.45, 7) is 25.5. The first kappa shape index (κ1) is 38.2. The van der Waals surface area contributed by atoms with E-state index in [2.05, 4.69) is 44.4 Å². The number of rotatable bonds is 8. The number of aliphatic hydroxyl groups is 2. The molecule has 0 aromatic rings. The fourth-order valence-corrected chi connectivity index (χ4v) is 16.0. The van der Waals surface area contributed by atoms with Crippen molar-refractivity contribution >= 4 is 0 Å². The van der Waals surface area contributed by atoms with Crippen LogP contribution in [0.25, 0.3) is 0 Å². The zero-order valence-electron chi connectivity index (χ0n) is 34.5. The van der Waals surface area contributed by atoms with Crippen molar-refractivity contribution < 1.29 is 33.9 Å². The first-order valence-electron chi connectivity index (χ1n) is 22.1. The van der Waals surface area contributed by atoms with Crippen LogP contribution in [0, 0.1) is 50.7 Å². The molecule has 14 atom stereocenters. The molecule has 9 rings (SSSR count). The van der Waals surface area contributed by atoms with Crippen LogP contribution < -0.4 is 0 Å². The van der Waals surface area contributed by atoms with E-state index in [1.165, 1.54) is 64.5 Å². The van der Waals surface area contributed by atoms with Gasteiger partial charge in [-0.3, -0.25) is 9.80 Å². The highest BCUT2D eigenvalue weighted by atomic mass is 16.7. The Morgan fingerprint density at radius 3 is 2.28 bits per heavy atom. The summed E-state index contributed by atoms with van der Waals surface area (Å²) in [4.78, 5) is 5.32. The lowest BCUT2D eigenvalue weighted by atomic mass is 9.41. The van der Waals surface area contributed by atoms with Gasteiger partial charge in [0.2, 0.25) is 0 Å². The third-order valence-electron chi connectivity index (χ3n) is 18.7. The third kappa shape index (κ3) is 5.46. The molecule has 0 aromatic carbocycles. The van der Waals surface area contributed by atoms with Crippen molar-refractivity contribution in [1.29, 1.82) is 0 Å². The van der Waals surface area contributed by atoms with Crippen molar-refractivity contribution in [2.45, 2.75) is 174 Å². The largest absolute Gasteiger partial charge is 0.390 e. The molecule has 0 bridgehead atoms. The van der Waals surface area contributed by atoms with E-state index in [4.69, 9.17) is 23.7 Å². The molecule has 14 unspecified atom stereocenters. The second-order valence-corrected chi connectivity index (χ2v) is 21.5. The molecule has 0 radical (unpaired) electrons. The molecule has 53 heavy (non-hydrogen) atoms. The molecule has 302 valence electrons. The Bertz CT molecular complexity index is 1360. The van der Waals surface area contributed by atoms with Crippen LogP contribution in [0.3, 0.4) is 0 Å². The lowest BCUT2D eigenvalue weighted by molar-refractivity contribution is -0.252. The standard InChI is InChI=1S/C44H74N2O7/c1-9-50-38(40(5,6)48)30-22-27(2)35-36(52-30)37(47)42(8)32-11-10-31-39(3,4)33(12-15-43(31)26-44(32,43)17-16-41(35,42)7)53-34-23-46(20-21-51-34)28-13-18-45(19-14-28)29-24-49-25-29/h27-38,47-48H,9-26H2,1-8H3. The SMILES string of the molecule is CCOC(C1CC(C)C2C(O1)C(O)C1(C)C3CCC4C(C)(C)C(OC5CN(C6CCN(C7COC7)CC6)CCO5)CCC45CC35CCC21C)C(C)(C)O. The maximum atomic E-state index is 12.7. The van der Waals surface area contributed by atoms with Gasteiger partial charge in [0.1, 0.15) is 6.10 Å². The van der Waals surface area contributed by atoms with Crippen molar-refractivity contribution in [2.24, 2.45) is 50.7 Å². The Morgan fingerprint density at radius 2 is 1.60 bits per heavy atom. The smallest absolute Gasteiger partial charge is 0.170 e. The third-order valence-corrected chi connectivity index (χ3v) is 18.7. The van der Waals surface area contributed by atoms with Gasteiger partial charge in [-0.1, -0.05) is 34.6 Å². The fraction of sp³-hybridized carbons (Fsp3) is 1.00. The second-order valence-electron chi connectivity index (χ2n) is 21.5. The molecule has 4 heterocycles. The molecular weight excluding hydrogens is 668 g/mol. The molecule has 0 amide bonds. The molecule has 0 aromatic heterocycles. The molecule has 5 saturated carbocycles. The highest BCUT2D eigenvalue weighted by molar-refractivity contribution is 5.33. The van der Waals surface area contributed by atoms with Crippen LogP contribution in [0.2, 0.25) is 0 Å². The molecule has 9 heteroatoms. The van der Waals surface area contributed by atoms with Crippen LogP contribution in [0.4, 0.5) is 0 Å². The van der Waals surface area contributed by atoms with Gasteiger partial charge in [0.25, 0.3) is 0 Å². The minimum atomic E-state index is -1.01. The van der Waals surface area contributed by atoms with Gasteiger partial charge in [0.05, 0.1) is 55.9 Å². The van der Waals surface area contributed by atoms with Gasteiger partial charge >= 0.3 is 0 Å². The van der Waals surface area contributed by atoms with Crippen LogP contribution in [-0.4, -0.2) is 127 Å². The topological polar surface area (TPSA) is 93.1 Å². The van der Waals surface area contributed by atoms with Crippen LogP contribution in [0.1, 0.15) is 120 Å². The van der Waals surface area contributed by atoms with Gasteiger partial charge in [-0.25, -0.2) is 0 Å². The monoisotopic (exact) mass is 743 g/mol. The van der Waals surface area contributed by atoms with Crippen molar-refractivity contribution in [3.05, 3.63) is 0 Å². The zero-order valence-corrected chi connectivity index (χ0v) is 34.5. The number of morpholine rings is 1. The maximum absolute atomic E-state index is 12.7. The first-order chi connectivity index (χ1) is 25.1. The normalized spacial score (nSPS) is 50.9. The van der Waals surface area contributed by atoms with Gasteiger partial charge in [-0.05, 0) is 130 Å². The summed E-state index contributed by atoms with van der Waals surface area (Å²) >= 11 is 0. The minimum absolute atomic E-state index is 0.0199. The average Bonchev–Trinajstić information content (AvgIpc) is 3.72. The number of ether oxygens (including phenoxy) is 5. The van der Waals surface area contributed by atoms with Gasteiger partial charge < -0.3 is 33.9 Å². The summed E-state index contributed by atoms with van der Waals surface area (Å²) in [5.74, 6) is 1.84. The molecular formula is C44H74N2O7. The average molecular weight is 743 g/mol. The van der Waals surface area contributed by atoms with Gasteiger partial charge in [-0.2, -0.15) is 0 Å². The van der Waals surface area contributed by atoms with E-state index in [0.29, 0.717) is 53.2 Å². The van der Waals surface area contributed by atoms with Gasteiger partial charge in [0.15, 0.2) is 6.29 Å². The predicted octanol–water partition coefficient (Wildman–Crippen LogP) is 5.88. The Kier molecular flexibility index (Phi) is 9.42. The molecule has 5 aliphatic carbocycles. The van der Waals surface area contributed by atoms with E-state index in [9.17, 15) is 10.2 Å². The van der Waals surface area contributed by atoms with E-state index in [0.717, 1.165) is 45.8 Å². The van der Waals surface area contributed by atoms with Crippen LogP contribution in [-0.2, 0) is 23.7 Å². The van der Waals surface area contributed by atoms with E-state index < -0.39 is 17.8 Å². The predicted molar refractivity (Wildman–Crippen MR) is 203 cm³/mol. The first-order valence-corrected chi connectivity index (χ1v) is 22.1. The maximum Gasteiger partial charge on any atom is 0.170 e. The molecule has 9 fully saturated rings. The van der Waals surface area contributed by atoms with Crippen LogP contribution in [0.5, 0.6) is 0 Å². The minimum Gasteiger partial charge on any atom is -0.390 e. The van der Waals surface area contributed by atoms with E-state index in [1.54, 1.807) is 0 Å². The quantitative estimate of drug-likeness (QED) is 0.317. The Hall–Kier alpha value is -0.360. The van der Waals surface area contributed by atoms with Crippen molar-refractivity contribution in [1.82, 2.24) is 9.80 Å². The van der Waals surface area contributed by atoms with Crippen LogP contribution in [0.15, 0.2) is 0 Å². The van der Waals surface area contributed by atoms with Crippen molar-refractivity contribution in [3.8, 4) is 0 Å². The summed E-state index contributed by atoms with van der Waals surface area (Å²) in [6.07, 6.45) is 10.6. The molecule has 4 aliphatic heterocycles. The summed E-state index contributed by atoms with van der Waals surface area (Å²) in [5, 5.41) is 23.8. The number of hydrogen-bond donors (Lipinski definition) is 2. The fourth-order valence-electron chi connectivity index (χ4n) is 16.0. The Balaban J connectivity index is 0.892. The van der Waals surface area contributed by atoms with E-state index in [1.807, 2.05) is 20.8 Å². The number of hydrogen-bond acceptors (Lipinski definition) is 9. The van der Waals surface area contributed by atoms with Gasteiger partial charge in [-0.15, -0.1) is 0 Å². The number of nitrogens with zero attached hydrogens (tertiary/aromatic N) is 2. The lowest BCUT2D eigenvalue weighted by Crippen LogP contribution is -2.60. The van der Waals surface area contributed by atoms with Gasteiger partial charge in [0, 0.05) is 44.2 Å². The molecule has 9 nitrogen and oxygen atoms in total. The van der Waals surface area contributed by atoms with Crippen molar-refractivity contribution in [3.63, 3.8) is 0 Å².